The average Bonchev–Trinajstić information content (AvgIpc) is 2.12. The van der Waals surface area contributed by atoms with Gasteiger partial charge in [-0.3, -0.25) is 0 Å². The number of hydrogen-bond donors (Lipinski definition) is 1. The highest BCUT2D eigenvalue weighted by Gasteiger charge is 2.28. The second-order valence-corrected chi connectivity index (χ2v) is 3.85. The van der Waals surface area contributed by atoms with Crippen LogP contribution in [-0.4, -0.2) is 10.7 Å². The Kier molecular flexibility index (Phi) is 5.56. The minimum Gasteiger partial charge on any atom is -0.390 e. The molecule has 0 aromatic rings. The zero-order valence-electron chi connectivity index (χ0n) is 9.06. The van der Waals surface area contributed by atoms with Crippen molar-refractivity contribution in [2.75, 3.05) is 0 Å². The molecule has 0 spiro atoms. The van der Waals surface area contributed by atoms with Gasteiger partial charge in [0.05, 0.1) is 5.60 Å². The number of unbranched alkanes of at least 4 members (excludes halogenated alkanes) is 1. The summed E-state index contributed by atoms with van der Waals surface area (Å²) in [6, 6.07) is 0. The molecule has 0 radical (unpaired) electrons. The molecule has 74 valence electrons. The summed E-state index contributed by atoms with van der Waals surface area (Å²) in [6.07, 6.45) is 5.40. The molecule has 0 heterocycles. The van der Waals surface area contributed by atoms with Crippen molar-refractivity contribution in [3.8, 4) is 0 Å². The van der Waals surface area contributed by atoms with Gasteiger partial charge in [-0.25, -0.2) is 0 Å². The first-order chi connectivity index (χ1) is 5.60. The fourth-order valence-corrected chi connectivity index (χ4v) is 1.73. The van der Waals surface area contributed by atoms with Crippen LogP contribution in [0.4, 0.5) is 0 Å². The molecule has 0 saturated carbocycles. The van der Waals surface area contributed by atoms with Gasteiger partial charge in [-0.15, -0.1) is 0 Å². The highest BCUT2D eigenvalue weighted by atomic mass is 16.3. The maximum Gasteiger partial charge on any atom is 0.0668 e. The number of hydrogen-bond acceptors (Lipinski definition) is 1. The molecule has 0 aliphatic carbocycles. The van der Waals surface area contributed by atoms with Crippen LogP contribution in [0.25, 0.3) is 0 Å². The first-order valence-electron chi connectivity index (χ1n) is 5.33. The Morgan fingerprint density at radius 1 is 1.17 bits per heavy atom. The molecule has 0 aliphatic rings. The van der Waals surface area contributed by atoms with Gasteiger partial charge >= 0.3 is 0 Å². The summed E-state index contributed by atoms with van der Waals surface area (Å²) in [7, 11) is 0. The molecule has 1 unspecified atom stereocenters. The molecule has 0 aromatic heterocycles. The van der Waals surface area contributed by atoms with Crippen LogP contribution in [0.2, 0.25) is 0 Å². The lowest BCUT2D eigenvalue weighted by molar-refractivity contribution is -0.0226. The zero-order valence-corrected chi connectivity index (χ0v) is 9.06. The summed E-state index contributed by atoms with van der Waals surface area (Å²) in [5.41, 5.74) is -0.408. The van der Waals surface area contributed by atoms with E-state index in [0.717, 1.165) is 19.3 Å². The maximum absolute atomic E-state index is 10.1. The van der Waals surface area contributed by atoms with Crippen molar-refractivity contribution in [3.63, 3.8) is 0 Å². The highest BCUT2D eigenvalue weighted by Crippen LogP contribution is 2.28. The highest BCUT2D eigenvalue weighted by molar-refractivity contribution is 4.80. The first kappa shape index (κ1) is 12.0. The molecule has 1 nitrogen and oxygen atoms in total. The fraction of sp³-hybridized carbons (Fsp3) is 1.00. The van der Waals surface area contributed by atoms with Crippen LogP contribution in [-0.2, 0) is 0 Å². The van der Waals surface area contributed by atoms with Crippen molar-refractivity contribution in [1.29, 1.82) is 0 Å². The van der Waals surface area contributed by atoms with Gasteiger partial charge in [0.2, 0.25) is 0 Å². The smallest absolute Gasteiger partial charge is 0.0668 e. The number of rotatable bonds is 6. The van der Waals surface area contributed by atoms with Gasteiger partial charge in [-0.1, -0.05) is 40.5 Å². The molecule has 0 fully saturated rings. The largest absolute Gasteiger partial charge is 0.390 e. The molecule has 1 N–H and O–H groups in total. The molecule has 0 bridgehead atoms. The number of aliphatic hydroxyl groups is 1. The fourth-order valence-electron chi connectivity index (χ4n) is 1.73. The summed E-state index contributed by atoms with van der Waals surface area (Å²) in [5.74, 6) is 0.451. The van der Waals surface area contributed by atoms with Crippen LogP contribution in [0.3, 0.4) is 0 Å². The van der Waals surface area contributed by atoms with Crippen molar-refractivity contribution < 1.29 is 5.11 Å². The molecule has 12 heavy (non-hydrogen) atoms. The van der Waals surface area contributed by atoms with Crippen molar-refractivity contribution in [3.05, 3.63) is 0 Å². The van der Waals surface area contributed by atoms with Crippen molar-refractivity contribution in [1.82, 2.24) is 0 Å². The minimum atomic E-state index is -0.408. The normalized spacial score (nSPS) is 14.8. The zero-order chi connectivity index (χ0) is 9.61. The van der Waals surface area contributed by atoms with Crippen LogP contribution in [0.5, 0.6) is 0 Å². The lowest BCUT2D eigenvalue weighted by Gasteiger charge is -2.32. The first-order valence-corrected chi connectivity index (χ1v) is 5.33. The van der Waals surface area contributed by atoms with Crippen LogP contribution in [0.15, 0.2) is 0 Å². The topological polar surface area (TPSA) is 20.2 Å². The van der Waals surface area contributed by atoms with E-state index in [4.69, 9.17) is 0 Å². The van der Waals surface area contributed by atoms with Crippen LogP contribution < -0.4 is 0 Å². The summed E-state index contributed by atoms with van der Waals surface area (Å²) in [4.78, 5) is 0. The monoisotopic (exact) mass is 172 g/mol. The standard InChI is InChI=1S/C11H24O/c1-5-8-9-10(4)11(12,6-2)7-3/h10,12H,5-9H2,1-4H3. The van der Waals surface area contributed by atoms with Crippen LogP contribution in [0.1, 0.15) is 59.8 Å². The summed E-state index contributed by atoms with van der Waals surface area (Å²) < 4.78 is 0. The van der Waals surface area contributed by atoms with Crippen molar-refractivity contribution >= 4 is 0 Å². The van der Waals surface area contributed by atoms with E-state index >= 15 is 0 Å². The lowest BCUT2D eigenvalue weighted by Crippen LogP contribution is -2.34. The second kappa shape index (κ2) is 5.58. The summed E-state index contributed by atoms with van der Waals surface area (Å²) in [6.45, 7) is 8.52. The molecule has 0 aliphatic heterocycles. The third-order valence-corrected chi connectivity index (χ3v) is 3.13. The summed E-state index contributed by atoms with van der Waals surface area (Å²) in [5, 5.41) is 10.1. The van der Waals surface area contributed by atoms with Crippen molar-refractivity contribution in [2.45, 2.75) is 65.4 Å². The van der Waals surface area contributed by atoms with Gasteiger partial charge < -0.3 is 5.11 Å². The molecular formula is C11H24O. The van der Waals surface area contributed by atoms with Gasteiger partial charge in [0.25, 0.3) is 0 Å². The third kappa shape index (κ3) is 3.14. The predicted octanol–water partition coefficient (Wildman–Crippen LogP) is 3.36. The molecule has 0 amide bonds. The maximum atomic E-state index is 10.1. The Morgan fingerprint density at radius 3 is 2.00 bits per heavy atom. The van der Waals surface area contributed by atoms with Crippen LogP contribution >= 0.6 is 0 Å². The quantitative estimate of drug-likeness (QED) is 0.651. The Balaban J connectivity index is 3.93. The SMILES string of the molecule is CCCCC(C)C(O)(CC)CC. The average molecular weight is 172 g/mol. The Morgan fingerprint density at radius 2 is 1.67 bits per heavy atom. The van der Waals surface area contributed by atoms with Gasteiger partial charge in [-0.2, -0.15) is 0 Å². The van der Waals surface area contributed by atoms with Crippen molar-refractivity contribution in [2.24, 2.45) is 5.92 Å². The molecule has 1 heteroatoms. The van der Waals surface area contributed by atoms with E-state index < -0.39 is 5.60 Å². The molecular weight excluding hydrogens is 148 g/mol. The molecule has 1 atom stereocenters. The predicted molar refractivity (Wildman–Crippen MR) is 54.2 cm³/mol. The Hall–Kier alpha value is -0.0400. The van der Waals surface area contributed by atoms with Gasteiger partial charge in [-0.05, 0) is 25.2 Å². The van der Waals surface area contributed by atoms with E-state index in [1.165, 1.54) is 12.8 Å². The summed E-state index contributed by atoms with van der Waals surface area (Å²) >= 11 is 0. The van der Waals surface area contributed by atoms with Gasteiger partial charge in [0.15, 0.2) is 0 Å². The van der Waals surface area contributed by atoms with E-state index in [2.05, 4.69) is 27.7 Å². The van der Waals surface area contributed by atoms with Gasteiger partial charge in [0, 0.05) is 0 Å². The third-order valence-electron chi connectivity index (χ3n) is 3.13. The van der Waals surface area contributed by atoms with Crippen LogP contribution in [0, 0.1) is 5.92 Å². The molecule has 0 rings (SSSR count). The van der Waals surface area contributed by atoms with E-state index in [1.54, 1.807) is 0 Å². The van der Waals surface area contributed by atoms with E-state index in [9.17, 15) is 5.11 Å². The Labute approximate surface area is 77.2 Å². The molecule has 0 aromatic carbocycles. The Bertz CT molecular complexity index is 106. The molecule has 0 saturated heterocycles. The minimum absolute atomic E-state index is 0.408. The second-order valence-electron chi connectivity index (χ2n) is 3.85. The van der Waals surface area contributed by atoms with E-state index in [1.807, 2.05) is 0 Å². The van der Waals surface area contributed by atoms with E-state index in [0.29, 0.717) is 5.92 Å². The lowest BCUT2D eigenvalue weighted by atomic mass is 9.81. The van der Waals surface area contributed by atoms with E-state index in [-0.39, 0.29) is 0 Å². The van der Waals surface area contributed by atoms with Gasteiger partial charge in [0.1, 0.15) is 0 Å².